The van der Waals surface area contributed by atoms with Gasteiger partial charge in [0.15, 0.2) is 0 Å². The number of carbonyl (C=O) groups is 2. The summed E-state index contributed by atoms with van der Waals surface area (Å²) in [7, 11) is 1.52. The molecular formula is C21H25ClN6O3. The van der Waals surface area contributed by atoms with Crippen molar-refractivity contribution in [1.29, 1.82) is 0 Å². The normalized spacial score (nSPS) is 19.2. The Kier molecular flexibility index (Phi) is 7.32. The van der Waals surface area contributed by atoms with E-state index >= 15 is 0 Å². The predicted octanol–water partition coefficient (Wildman–Crippen LogP) is 1.30. The maximum atomic E-state index is 12.4. The Bertz CT molecular complexity index is 985. The molecule has 2 aromatic heterocycles. The van der Waals surface area contributed by atoms with Crippen molar-refractivity contribution in [2.24, 2.45) is 0 Å². The van der Waals surface area contributed by atoms with E-state index < -0.39 is 0 Å². The molecule has 1 aliphatic rings. The number of halogens is 1. The van der Waals surface area contributed by atoms with Crippen LogP contribution in [-0.4, -0.2) is 81.0 Å². The lowest BCUT2D eigenvalue weighted by Gasteiger charge is -2.45. The fourth-order valence-corrected chi connectivity index (χ4v) is 3.97. The van der Waals surface area contributed by atoms with Crippen LogP contribution in [-0.2, 0) is 4.79 Å². The van der Waals surface area contributed by atoms with Crippen molar-refractivity contribution in [3.05, 3.63) is 53.6 Å². The molecule has 2 amide bonds. The van der Waals surface area contributed by atoms with Crippen LogP contribution in [0.3, 0.4) is 0 Å². The first-order valence-corrected chi connectivity index (χ1v) is 10.3. The molecule has 1 fully saturated rings. The van der Waals surface area contributed by atoms with Gasteiger partial charge in [0.1, 0.15) is 17.2 Å². The number of amides is 2. The van der Waals surface area contributed by atoms with Crippen LogP contribution in [0.15, 0.2) is 37.2 Å². The molecule has 2 atom stereocenters. The molecule has 10 heteroatoms. The number of rotatable bonds is 6. The molecule has 0 radical (unpaired) electrons. The highest BCUT2D eigenvalue weighted by Gasteiger charge is 2.34. The van der Waals surface area contributed by atoms with Crippen LogP contribution >= 0.6 is 11.6 Å². The SMILES string of the molecule is C=CC(=O)N1C[C@@H](c2cc(Cl)nc(-c3cc(C(=O)NC)ncn3)c2)N(CCO)C[C@@H]1C. The van der Waals surface area contributed by atoms with Crippen molar-refractivity contribution < 1.29 is 14.7 Å². The lowest BCUT2D eigenvalue weighted by molar-refractivity contribution is -0.132. The Morgan fingerprint density at radius 2 is 2.06 bits per heavy atom. The Morgan fingerprint density at radius 1 is 1.29 bits per heavy atom. The first-order valence-electron chi connectivity index (χ1n) is 9.87. The first kappa shape index (κ1) is 22.8. The Morgan fingerprint density at radius 3 is 2.74 bits per heavy atom. The van der Waals surface area contributed by atoms with E-state index in [0.29, 0.717) is 31.0 Å². The number of pyridine rings is 1. The average Bonchev–Trinajstić information content (AvgIpc) is 2.78. The molecule has 0 bridgehead atoms. The van der Waals surface area contributed by atoms with Crippen LogP contribution in [0.5, 0.6) is 0 Å². The van der Waals surface area contributed by atoms with Gasteiger partial charge in [0.05, 0.1) is 24.0 Å². The van der Waals surface area contributed by atoms with Crippen LogP contribution in [0, 0.1) is 0 Å². The number of carbonyl (C=O) groups excluding carboxylic acids is 2. The van der Waals surface area contributed by atoms with Crippen LogP contribution in [0.4, 0.5) is 0 Å². The van der Waals surface area contributed by atoms with E-state index in [1.165, 1.54) is 19.5 Å². The van der Waals surface area contributed by atoms with E-state index in [0.717, 1.165) is 5.56 Å². The van der Waals surface area contributed by atoms with Crippen LogP contribution in [0.25, 0.3) is 11.4 Å². The van der Waals surface area contributed by atoms with Crippen LogP contribution < -0.4 is 5.32 Å². The predicted molar refractivity (Wildman–Crippen MR) is 116 cm³/mol. The molecule has 0 saturated carbocycles. The molecule has 1 aliphatic heterocycles. The van der Waals surface area contributed by atoms with E-state index in [4.69, 9.17) is 11.6 Å². The van der Waals surface area contributed by atoms with E-state index in [-0.39, 0.29) is 41.4 Å². The maximum absolute atomic E-state index is 12.4. The third kappa shape index (κ3) is 5.07. The number of nitrogens with zero attached hydrogens (tertiary/aromatic N) is 5. The number of β-amino-alcohol motifs (C(OH)–C–C–N with tert-alkyl or cyclic N) is 1. The van der Waals surface area contributed by atoms with Gasteiger partial charge in [-0.2, -0.15) is 0 Å². The highest BCUT2D eigenvalue weighted by molar-refractivity contribution is 6.29. The average molecular weight is 445 g/mol. The molecule has 9 nitrogen and oxygen atoms in total. The highest BCUT2D eigenvalue weighted by atomic mass is 35.5. The summed E-state index contributed by atoms with van der Waals surface area (Å²) in [6.07, 6.45) is 2.61. The number of hydrogen-bond donors (Lipinski definition) is 2. The number of piperazine rings is 1. The summed E-state index contributed by atoms with van der Waals surface area (Å²) < 4.78 is 0. The van der Waals surface area contributed by atoms with Gasteiger partial charge in [0.2, 0.25) is 5.91 Å². The molecule has 0 spiro atoms. The maximum Gasteiger partial charge on any atom is 0.269 e. The number of nitrogens with one attached hydrogen (secondary N) is 1. The molecule has 3 heterocycles. The fourth-order valence-electron chi connectivity index (χ4n) is 3.75. The summed E-state index contributed by atoms with van der Waals surface area (Å²) in [5.74, 6) is -0.479. The second-order valence-corrected chi connectivity index (χ2v) is 7.64. The second-order valence-electron chi connectivity index (χ2n) is 7.25. The number of aromatic nitrogens is 3. The second kappa shape index (κ2) is 9.95. The van der Waals surface area contributed by atoms with Crippen LogP contribution in [0.1, 0.15) is 29.0 Å². The van der Waals surface area contributed by atoms with Crippen molar-refractivity contribution in [2.75, 3.05) is 33.3 Å². The van der Waals surface area contributed by atoms with Gasteiger partial charge >= 0.3 is 0 Å². The zero-order valence-electron chi connectivity index (χ0n) is 17.5. The molecule has 0 aromatic carbocycles. The summed E-state index contributed by atoms with van der Waals surface area (Å²) in [4.78, 5) is 40.7. The van der Waals surface area contributed by atoms with Gasteiger partial charge in [0, 0.05) is 32.7 Å². The van der Waals surface area contributed by atoms with Crippen molar-refractivity contribution in [3.8, 4) is 11.4 Å². The molecular weight excluding hydrogens is 420 g/mol. The summed E-state index contributed by atoms with van der Waals surface area (Å²) in [5, 5.41) is 12.3. The third-order valence-corrected chi connectivity index (χ3v) is 5.47. The lowest BCUT2D eigenvalue weighted by atomic mass is 9.99. The Labute approximate surface area is 185 Å². The van der Waals surface area contributed by atoms with Gasteiger partial charge in [-0.05, 0) is 36.8 Å². The molecule has 0 unspecified atom stereocenters. The summed E-state index contributed by atoms with van der Waals surface area (Å²) in [6.45, 7) is 7.02. The van der Waals surface area contributed by atoms with Gasteiger partial charge in [-0.15, -0.1) is 0 Å². The summed E-state index contributed by atoms with van der Waals surface area (Å²) in [6, 6.07) is 4.90. The van der Waals surface area contributed by atoms with E-state index in [9.17, 15) is 14.7 Å². The minimum atomic E-state index is -0.333. The molecule has 31 heavy (non-hydrogen) atoms. The lowest BCUT2D eigenvalue weighted by Crippen LogP contribution is -2.55. The van der Waals surface area contributed by atoms with Crippen molar-refractivity contribution in [2.45, 2.75) is 19.0 Å². The summed E-state index contributed by atoms with van der Waals surface area (Å²) in [5.41, 5.74) is 1.98. The third-order valence-electron chi connectivity index (χ3n) is 5.28. The molecule has 2 aromatic rings. The van der Waals surface area contributed by atoms with Crippen LogP contribution in [0.2, 0.25) is 5.15 Å². The number of aliphatic hydroxyl groups is 1. The number of aliphatic hydroxyl groups excluding tert-OH is 1. The molecule has 2 N–H and O–H groups in total. The Balaban J connectivity index is 2.01. The minimum Gasteiger partial charge on any atom is -0.395 e. The molecule has 1 saturated heterocycles. The monoisotopic (exact) mass is 444 g/mol. The van der Waals surface area contributed by atoms with Crippen molar-refractivity contribution in [3.63, 3.8) is 0 Å². The smallest absolute Gasteiger partial charge is 0.269 e. The summed E-state index contributed by atoms with van der Waals surface area (Å²) >= 11 is 6.33. The zero-order valence-corrected chi connectivity index (χ0v) is 18.2. The standard InChI is InChI=1S/C21H25ClN6O3/c1-4-20(30)28-11-18(27(5-6-29)10-13(28)2)14-7-16(26-19(22)8-14)15-9-17(21(31)23-3)25-12-24-15/h4,7-9,12-13,18,29H,1,5-6,10-11H2,2-3H3,(H,23,31)/t13-,18-/m0/s1. The topological polar surface area (TPSA) is 112 Å². The molecule has 0 aliphatic carbocycles. The zero-order chi connectivity index (χ0) is 22.5. The quantitative estimate of drug-likeness (QED) is 0.510. The van der Waals surface area contributed by atoms with Gasteiger partial charge < -0.3 is 15.3 Å². The van der Waals surface area contributed by atoms with Gasteiger partial charge in [-0.25, -0.2) is 15.0 Å². The van der Waals surface area contributed by atoms with Crippen molar-refractivity contribution in [1.82, 2.24) is 30.1 Å². The van der Waals surface area contributed by atoms with E-state index in [1.807, 2.05) is 13.0 Å². The van der Waals surface area contributed by atoms with E-state index in [1.54, 1.807) is 17.0 Å². The van der Waals surface area contributed by atoms with Gasteiger partial charge in [-0.3, -0.25) is 14.5 Å². The molecule has 164 valence electrons. The van der Waals surface area contributed by atoms with Gasteiger partial charge in [0.25, 0.3) is 5.91 Å². The van der Waals surface area contributed by atoms with E-state index in [2.05, 4.69) is 31.7 Å². The fraction of sp³-hybridized carbons (Fsp3) is 0.381. The van der Waals surface area contributed by atoms with Gasteiger partial charge in [-0.1, -0.05) is 18.2 Å². The van der Waals surface area contributed by atoms with Crippen molar-refractivity contribution >= 4 is 23.4 Å². The first-order chi connectivity index (χ1) is 14.9. The number of hydrogen-bond acceptors (Lipinski definition) is 7. The largest absolute Gasteiger partial charge is 0.395 e. The highest BCUT2D eigenvalue weighted by Crippen LogP contribution is 2.31. The minimum absolute atomic E-state index is 0.00824. The Hall–Kier alpha value is -2.88. The molecule has 3 rings (SSSR count).